The number of ether oxygens (including phenoxy) is 1. The molecule has 0 aromatic carbocycles. The SMILES string of the molecule is OC[C@H]1O[C@@H](n2cnc(Cl)c2Cl)[C@H](O)[C@@H]1O. The number of nitrogens with zero attached hydrogens (tertiary/aromatic N) is 2. The molecule has 0 unspecified atom stereocenters. The molecule has 0 saturated carbocycles. The number of aromatic nitrogens is 2. The van der Waals surface area contributed by atoms with Gasteiger partial charge in [0.15, 0.2) is 11.4 Å². The second kappa shape index (κ2) is 4.48. The zero-order valence-corrected chi connectivity index (χ0v) is 9.51. The smallest absolute Gasteiger partial charge is 0.166 e. The summed E-state index contributed by atoms with van der Waals surface area (Å²) in [6, 6.07) is 0. The van der Waals surface area contributed by atoms with Crippen LogP contribution in [0.2, 0.25) is 10.3 Å². The Morgan fingerprint density at radius 1 is 1.38 bits per heavy atom. The molecule has 16 heavy (non-hydrogen) atoms. The molecular weight excluding hydrogens is 259 g/mol. The van der Waals surface area contributed by atoms with Crippen LogP contribution in [0.15, 0.2) is 6.33 Å². The van der Waals surface area contributed by atoms with Crippen molar-refractivity contribution >= 4 is 23.2 Å². The van der Waals surface area contributed by atoms with Gasteiger partial charge in [0.1, 0.15) is 23.5 Å². The van der Waals surface area contributed by atoms with Crippen molar-refractivity contribution in [3.05, 3.63) is 16.6 Å². The van der Waals surface area contributed by atoms with E-state index in [9.17, 15) is 10.2 Å². The van der Waals surface area contributed by atoms with Gasteiger partial charge in [0.05, 0.1) is 12.9 Å². The fraction of sp³-hybridized carbons (Fsp3) is 0.625. The molecule has 0 amide bonds. The van der Waals surface area contributed by atoms with E-state index in [1.807, 2.05) is 0 Å². The Bertz CT molecular complexity index is 386. The molecule has 6 nitrogen and oxygen atoms in total. The van der Waals surface area contributed by atoms with Crippen LogP contribution in [-0.4, -0.2) is 49.8 Å². The highest BCUT2D eigenvalue weighted by atomic mass is 35.5. The van der Waals surface area contributed by atoms with Crippen LogP contribution in [0.3, 0.4) is 0 Å². The Morgan fingerprint density at radius 2 is 2.06 bits per heavy atom. The van der Waals surface area contributed by atoms with E-state index in [2.05, 4.69) is 4.98 Å². The minimum Gasteiger partial charge on any atom is -0.394 e. The van der Waals surface area contributed by atoms with E-state index in [0.717, 1.165) is 0 Å². The lowest BCUT2D eigenvalue weighted by Crippen LogP contribution is -2.33. The molecule has 1 aliphatic rings. The van der Waals surface area contributed by atoms with Gasteiger partial charge in [-0.2, -0.15) is 0 Å². The number of aliphatic hydroxyl groups excluding tert-OH is 3. The average molecular weight is 269 g/mol. The standard InChI is InChI=1S/C8H10Cl2N2O4/c9-6-7(10)12(2-11-6)8-5(15)4(14)3(1-13)16-8/h2-5,8,13-15H,1H2/t3-,4-,5-,8-/m1/s1. The van der Waals surface area contributed by atoms with E-state index in [1.54, 1.807) is 0 Å². The van der Waals surface area contributed by atoms with Crippen LogP contribution in [-0.2, 0) is 4.74 Å². The largest absolute Gasteiger partial charge is 0.394 e. The predicted octanol–water partition coefficient (Wildman–Crippen LogP) is -0.199. The van der Waals surface area contributed by atoms with Crippen LogP contribution in [0, 0.1) is 0 Å². The van der Waals surface area contributed by atoms with Gasteiger partial charge in [-0.3, -0.25) is 4.57 Å². The molecule has 1 aromatic rings. The van der Waals surface area contributed by atoms with Crippen molar-refractivity contribution in [1.29, 1.82) is 0 Å². The molecule has 8 heteroatoms. The van der Waals surface area contributed by atoms with Gasteiger partial charge < -0.3 is 20.1 Å². The van der Waals surface area contributed by atoms with Gasteiger partial charge in [-0.1, -0.05) is 23.2 Å². The minimum atomic E-state index is -1.19. The summed E-state index contributed by atoms with van der Waals surface area (Å²) in [5.41, 5.74) is 0. The summed E-state index contributed by atoms with van der Waals surface area (Å²) in [5.74, 6) is 0. The number of halogens is 2. The van der Waals surface area contributed by atoms with Crippen LogP contribution in [0.4, 0.5) is 0 Å². The third kappa shape index (κ3) is 1.81. The second-order valence-corrected chi connectivity index (χ2v) is 4.18. The molecule has 0 radical (unpaired) electrons. The van der Waals surface area contributed by atoms with Crippen molar-refractivity contribution < 1.29 is 20.1 Å². The third-order valence-electron chi connectivity index (χ3n) is 2.48. The first kappa shape index (κ1) is 12.1. The number of hydrogen-bond acceptors (Lipinski definition) is 5. The molecule has 1 saturated heterocycles. The molecule has 3 N–H and O–H groups in total. The highest BCUT2D eigenvalue weighted by Gasteiger charge is 2.44. The van der Waals surface area contributed by atoms with E-state index in [4.69, 9.17) is 33.0 Å². The minimum absolute atomic E-state index is 0.0828. The normalized spacial score (nSPS) is 34.6. The second-order valence-electron chi connectivity index (χ2n) is 3.46. The molecule has 2 rings (SSSR count). The lowest BCUT2D eigenvalue weighted by atomic mass is 10.1. The lowest BCUT2D eigenvalue weighted by Gasteiger charge is -2.16. The monoisotopic (exact) mass is 268 g/mol. The molecule has 1 aromatic heterocycles. The van der Waals surface area contributed by atoms with Crippen molar-refractivity contribution in [3.8, 4) is 0 Å². The number of hydrogen-bond donors (Lipinski definition) is 3. The van der Waals surface area contributed by atoms with E-state index < -0.39 is 31.1 Å². The van der Waals surface area contributed by atoms with Crippen molar-refractivity contribution in [2.45, 2.75) is 24.5 Å². The maximum atomic E-state index is 9.71. The van der Waals surface area contributed by atoms with Crippen LogP contribution in [0.5, 0.6) is 0 Å². The van der Waals surface area contributed by atoms with Gasteiger partial charge in [0, 0.05) is 0 Å². The van der Waals surface area contributed by atoms with Crippen molar-refractivity contribution in [2.24, 2.45) is 0 Å². The van der Waals surface area contributed by atoms with Gasteiger partial charge in [-0.25, -0.2) is 4.98 Å². The first-order chi connectivity index (χ1) is 7.56. The Morgan fingerprint density at radius 3 is 2.50 bits per heavy atom. The number of imidazole rings is 1. The quantitative estimate of drug-likeness (QED) is 0.692. The average Bonchev–Trinajstić information content (AvgIpc) is 2.73. The van der Waals surface area contributed by atoms with Gasteiger partial charge in [-0.15, -0.1) is 0 Å². The van der Waals surface area contributed by atoms with Crippen LogP contribution in [0.25, 0.3) is 0 Å². The summed E-state index contributed by atoms with van der Waals surface area (Å²) < 4.78 is 6.54. The molecule has 1 aliphatic heterocycles. The lowest BCUT2D eigenvalue weighted by molar-refractivity contribution is -0.0526. The zero-order valence-electron chi connectivity index (χ0n) is 7.99. The maximum absolute atomic E-state index is 9.71. The highest BCUT2D eigenvalue weighted by Crippen LogP contribution is 2.33. The Kier molecular flexibility index (Phi) is 3.39. The van der Waals surface area contributed by atoms with Crippen molar-refractivity contribution in [3.63, 3.8) is 0 Å². The van der Waals surface area contributed by atoms with E-state index in [1.165, 1.54) is 10.9 Å². The molecule has 1 fully saturated rings. The van der Waals surface area contributed by atoms with Crippen molar-refractivity contribution in [2.75, 3.05) is 6.61 Å². The molecule has 0 aliphatic carbocycles. The van der Waals surface area contributed by atoms with E-state index >= 15 is 0 Å². The fourth-order valence-electron chi connectivity index (χ4n) is 1.61. The zero-order chi connectivity index (χ0) is 11.9. The van der Waals surface area contributed by atoms with Gasteiger partial charge >= 0.3 is 0 Å². The summed E-state index contributed by atoms with van der Waals surface area (Å²) >= 11 is 11.5. The first-order valence-corrected chi connectivity index (χ1v) is 5.32. The summed E-state index contributed by atoms with van der Waals surface area (Å²) in [7, 11) is 0. The number of rotatable bonds is 2. The van der Waals surface area contributed by atoms with Crippen LogP contribution >= 0.6 is 23.2 Å². The fourth-order valence-corrected chi connectivity index (χ4v) is 1.94. The summed E-state index contributed by atoms with van der Waals surface area (Å²) in [6.07, 6.45) is -2.82. The van der Waals surface area contributed by atoms with E-state index in [-0.39, 0.29) is 10.3 Å². The third-order valence-corrected chi connectivity index (χ3v) is 3.23. The molecule has 4 atom stereocenters. The van der Waals surface area contributed by atoms with Gasteiger partial charge in [-0.05, 0) is 0 Å². The van der Waals surface area contributed by atoms with Gasteiger partial charge in [0.25, 0.3) is 0 Å². The Balaban J connectivity index is 2.26. The Hall–Kier alpha value is -0.370. The molecule has 0 bridgehead atoms. The molecule has 0 spiro atoms. The molecular formula is C8H10Cl2N2O4. The summed E-state index contributed by atoms with van der Waals surface area (Å²) in [4.78, 5) is 3.73. The molecule has 2 heterocycles. The summed E-state index contributed by atoms with van der Waals surface area (Å²) in [5, 5.41) is 28.4. The predicted molar refractivity (Wildman–Crippen MR) is 55.3 cm³/mol. The Labute approximate surface area is 101 Å². The maximum Gasteiger partial charge on any atom is 0.166 e. The molecule has 90 valence electrons. The van der Waals surface area contributed by atoms with Gasteiger partial charge in [0.2, 0.25) is 0 Å². The first-order valence-electron chi connectivity index (χ1n) is 4.56. The van der Waals surface area contributed by atoms with E-state index in [0.29, 0.717) is 0 Å². The van der Waals surface area contributed by atoms with Crippen LogP contribution < -0.4 is 0 Å². The highest BCUT2D eigenvalue weighted by molar-refractivity contribution is 6.40. The van der Waals surface area contributed by atoms with Crippen molar-refractivity contribution in [1.82, 2.24) is 9.55 Å². The van der Waals surface area contributed by atoms with Crippen LogP contribution in [0.1, 0.15) is 6.23 Å². The summed E-state index contributed by atoms with van der Waals surface area (Å²) in [6.45, 7) is -0.394. The topological polar surface area (TPSA) is 87.7 Å². The number of aliphatic hydroxyl groups is 3.